The van der Waals surface area contributed by atoms with Crippen molar-refractivity contribution in [3.05, 3.63) is 12.7 Å². The molecule has 0 radical (unpaired) electrons. The highest BCUT2D eigenvalue weighted by atomic mass is 16.5. The number of carbonyl (C=O) groups excluding carboxylic acids is 1. The number of aliphatic hydroxyl groups excluding tert-OH is 1. The molecule has 0 spiro atoms. The topological polar surface area (TPSA) is 46.5 Å². The van der Waals surface area contributed by atoms with Crippen molar-refractivity contribution in [2.45, 2.75) is 38.7 Å². The Morgan fingerprint density at radius 1 is 1.62 bits per heavy atom. The number of hydrogen-bond donors (Lipinski definition) is 1. The second-order valence-electron chi connectivity index (χ2n) is 2.96. The van der Waals surface area contributed by atoms with E-state index in [9.17, 15) is 9.90 Å². The molecule has 3 nitrogen and oxygen atoms in total. The van der Waals surface area contributed by atoms with Gasteiger partial charge in [-0.05, 0) is 6.42 Å². The molecule has 0 rings (SSSR count). The SMILES string of the molecule is C=CC(=O)OCCC(O)CCCC. The molecule has 1 atom stereocenters. The first-order chi connectivity index (χ1) is 6.20. The summed E-state index contributed by atoms with van der Waals surface area (Å²) < 4.78 is 4.72. The highest BCUT2D eigenvalue weighted by Gasteiger charge is 2.04. The summed E-state index contributed by atoms with van der Waals surface area (Å²) in [4.78, 5) is 10.6. The first-order valence-corrected chi connectivity index (χ1v) is 4.68. The summed E-state index contributed by atoms with van der Waals surface area (Å²) in [7, 11) is 0. The molecule has 0 aromatic carbocycles. The Kier molecular flexibility index (Phi) is 7.30. The molecule has 0 saturated carbocycles. The van der Waals surface area contributed by atoms with Crippen molar-refractivity contribution < 1.29 is 14.6 Å². The van der Waals surface area contributed by atoms with Gasteiger partial charge in [-0.15, -0.1) is 0 Å². The molecule has 0 bridgehead atoms. The lowest BCUT2D eigenvalue weighted by Crippen LogP contribution is -2.12. The van der Waals surface area contributed by atoms with Crippen molar-refractivity contribution in [2.24, 2.45) is 0 Å². The molecule has 76 valence electrons. The van der Waals surface area contributed by atoms with Crippen LogP contribution in [0.15, 0.2) is 12.7 Å². The Morgan fingerprint density at radius 2 is 2.31 bits per heavy atom. The first-order valence-electron chi connectivity index (χ1n) is 4.68. The molecular weight excluding hydrogens is 168 g/mol. The van der Waals surface area contributed by atoms with Crippen LogP contribution in [0.25, 0.3) is 0 Å². The Balaban J connectivity index is 3.30. The fourth-order valence-corrected chi connectivity index (χ4v) is 0.939. The maximum absolute atomic E-state index is 10.6. The van der Waals surface area contributed by atoms with Crippen molar-refractivity contribution >= 4 is 5.97 Å². The Morgan fingerprint density at radius 3 is 2.85 bits per heavy atom. The molecule has 0 aliphatic rings. The minimum Gasteiger partial charge on any atom is -0.462 e. The molecule has 13 heavy (non-hydrogen) atoms. The summed E-state index contributed by atoms with van der Waals surface area (Å²) in [5, 5.41) is 9.35. The molecule has 3 heteroatoms. The predicted octanol–water partition coefficient (Wildman–Crippen LogP) is 1.66. The van der Waals surface area contributed by atoms with Crippen LogP contribution in [0.3, 0.4) is 0 Å². The smallest absolute Gasteiger partial charge is 0.330 e. The molecule has 0 aromatic rings. The monoisotopic (exact) mass is 186 g/mol. The van der Waals surface area contributed by atoms with Gasteiger partial charge in [0, 0.05) is 12.5 Å². The number of aliphatic hydroxyl groups is 1. The Bertz CT molecular complexity index is 154. The van der Waals surface area contributed by atoms with Crippen LogP contribution in [0, 0.1) is 0 Å². The van der Waals surface area contributed by atoms with E-state index in [0.29, 0.717) is 6.42 Å². The van der Waals surface area contributed by atoms with E-state index in [1.165, 1.54) is 0 Å². The zero-order chi connectivity index (χ0) is 10.1. The second kappa shape index (κ2) is 7.80. The summed E-state index contributed by atoms with van der Waals surface area (Å²) in [5.41, 5.74) is 0. The Labute approximate surface area is 79.4 Å². The van der Waals surface area contributed by atoms with Crippen molar-refractivity contribution in [2.75, 3.05) is 6.61 Å². The van der Waals surface area contributed by atoms with Crippen LogP contribution in [0.5, 0.6) is 0 Å². The lowest BCUT2D eigenvalue weighted by Gasteiger charge is -2.08. The van der Waals surface area contributed by atoms with Gasteiger partial charge in [0.15, 0.2) is 0 Å². The van der Waals surface area contributed by atoms with Crippen LogP contribution in [0.2, 0.25) is 0 Å². The summed E-state index contributed by atoms with van der Waals surface area (Å²) in [6, 6.07) is 0. The third kappa shape index (κ3) is 7.53. The average molecular weight is 186 g/mol. The molecule has 0 aromatic heterocycles. The normalized spacial score (nSPS) is 12.2. The third-order valence-electron chi connectivity index (χ3n) is 1.75. The molecule has 0 heterocycles. The highest BCUT2D eigenvalue weighted by molar-refractivity contribution is 5.81. The Hall–Kier alpha value is -0.830. The van der Waals surface area contributed by atoms with E-state index in [1.54, 1.807) is 0 Å². The molecule has 1 unspecified atom stereocenters. The van der Waals surface area contributed by atoms with E-state index in [1.807, 2.05) is 0 Å². The summed E-state index contributed by atoms with van der Waals surface area (Å²) >= 11 is 0. The van der Waals surface area contributed by atoms with Gasteiger partial charge in [0.2, 0.25) is 0 Å². The molecule has 0 saturated heterocycles. The highest BCUT2D eigenvalue weighted by Crippen LogP contribution is 2.04. The largest absolute Gasteiger partial charge is 0.462 e. The van der Waals surface area contributed by atoms with E-state index in [0.717, 1.165) is 25.3 Å². The maximum atomic E-state index is 10.6. The molecular formula is C10H18O3. The van der Waals surface area contributed by atoms with Crippen LogP contribution < -0.4 is 0 Å². The van der Waals surface area contributed by atoms with Crippen LogP contribution in [-0.2, 0) is 9.53 Å². The molecule has 0 fully saturated rings. The van der Waals surface area contributed by atoms with Gasteiger partial charge in [-0.3, -0.25) is 0 Å². The van der Waals surface area contributed by atoms with Crippen molar-refractivity contribution in [1.29, 1.82) is 0 Å². The lowest BCUT2D eigenvalue weighted by molar-refractivity contribution is -0.138. The average Bonchev–Trinajstić information content (AvgIpc) is 2.14. The number of esters is 1. The van der Waals surface area contributed by atoms with Gasteiger partial charge in [-0.25, -0.2) is 4.79 Å². The minimum absolute atomic E-state index is 0.274. The number of rotatable bonds is 7. The lowest BCUT2D eigenvalue weighted by atomic mass is 10.1. The standard InChI is InChI=1S/C10H18O3/c1-3-5-6-9(11)7-8-13-10(12)4-2/h4,9,11H,2-3,5-8H2,1H3. The van der Waals surface area contributed by atoms with Crippen LogP contribution in [-0.4, -0.2) is 23.8 Å². The number of carbonyl (C=O) groups is 1. The number of hydrogen-bond acceptors (Lipinski definition) is 3. The fourth-order valence-electron chi connectivity index (χ4n) is 0.939. The van der Waals surface area contributed by atoms with Crippen LogP contribution >= 0.6 is 0 Å². The number of unbranched alkanes of at least 4 members (excludes halogenated alkanes) is 1. The molecule has 0 amide bonds. The predicted molar refractivity (Wildman–Crippen MR) is 51.3 cm³/mol. The maximum Gasteiger partial charge on any atom is 0.330 e. The van der Waals surface area contributed by atoms with Crippen molar-refractivity contribution in [1.82, 2.24) is 0 Å². The fraction of sp³-hybridized carbons (Fsp3) is 0.700. The van der Waals surface area contributed by atoms with Gasteiger partial charge in [0.25, 0.3) is 0 Å². The molecule has 0 aliphatic carbocycles. The van der Waals surface area contributed by atoms with E-state index < -0.39 is 5.97 Å². The van der Waals surface area contributed by atoms with Gasteiger partial charge in [-0.2, -0.15) is 0 Å². The van der Waals surface area contributed by atoms with Crippen LogP contribution in [0.1, 0.15) is 32.6 Å². The third-order valence-corrected chi connectivity index (χ3v) is 1.75. The van der Waals surface area contributed by atoms with Gasteiger partial charge in [0.1, 0.15) is 0 Å². The zero-order valence-corrected chi connectivity index (χ0v) is 8.16. The van der Waals surface area contributed by atoms with E-state index in [4.69, 9.17) is 4.74 Å². The quantitative estimate of drug-likeness (QED) is 0.486. The van der Waals surface area contributed by atoms with E-state index in [-0.39, 0.29) is 12.7 Å². The van der Waals surface area contributed by atoms with E-state index >= 15 is 0 Å². The van der Waals surface area contributed by atoms with Crippen LogP contribution in [0.4, 0.5) is 0 Å². The summed E-state index contributed by atoms with van der Waals surface area (Å²) in [6.07, 6.45) is 4.15. The van der Waals surface area contributed by atoms with Gasteiger partial charge in [0.05, 0.1) is 12.7 Å². The van der Waals surface area contributed by atoms with E-state index in [2.05, 4.69) is 13.5 Å². The summed E-state index contributed by atoms with van der Waals surface area (Å²) in [6.45, 7) is 5.62. The number of ether oxygens (including phenoxy) is 1. The minimum atomic E-state index is -0.428. The molecule has 1 N–H and O–H groups in total. The summed E-state index contributed by atoms with van der Waals surface area (Å²) in [5.74, 6) is -0.428. The second-order valence-corrected chi connectivity index (χ2v) is 2.96. The van der Waals surface area contributed by atoms with Gasteiger partial charge < -0.3 is 9.84 Å². The van der Waals surface area contributed by atoms with Crippen molar-refractivity contribution in [3.63, 3.8) is 0 Å². The molecule has 0 aliphatic heterocycles. The van der Waals surface area contributed by atoms with Gasteiger partial charge in [-0.1, -0.05) is 26.3 Å². The van der Waals surface area contributed by atoms with Crippen molar-refractivity contribution in [3.8, 4) is 0 Å². The zero-order valence-electron chi connectivity index (χ0n) is 8.16. The van der Waals surface area contributed by atoms with Gasteiger partial charge >= 0.3 is 5.97 Å². The first kappa shape index (κ1) is 12.2.